The van der Waals surface area contributed by atoms with E-state index in [1.807, 2.05) is 6.07 Å². The lowest BCUT2D eigenvalue weighted by molar-refractivity contribution is -0.140. The van der Waals surface area contributed by atoms with Crippen molar-refractivity contribution in [3.8, 4) is 0 Å². The molecule has 0 aromatic carbocycles. The molecule has 1 aromatic rings. The molecule has 0 aliphatic heterocycles. The molecule has 3 rings (SSSR count). The van der Waals surface area contributed by atoms with Crippen LogP contribution in [0.15, 0.2) is 18.2 Å². The molecule has 4 nitrogen and oxygen atoms in total. The Bertz CT molecular complexity index is 540. The molecule has 1 aromatic heterocycles. The van der Waals surface area contributed by atoms with E-state index in [4.69, 9.17) is 5.11 Å². The molecular weight excluding hydrogens is 262 g/mol. The molecule has 0 radical (unpaired) electrons. The van der Waals surface area contributed by atoms with Gasteiger partial charge in [0.1, 0.15) is 0 Å². The van der Waals surface area contributed by atoms with Crippen LogP contribution >= 0.6 is 11.3 Å². The summed E-state index contributed by atoms with van der Waals surface area (Å²) in [5.41, 5.74) is 1.31. The summed E-state index contributed by atoms with van der Waals surface area (Å²) in [5, 5.41) is 11.8. The number of nitrogens with one attached hydrogen (secondary N) is 1. The molecule has 19 heavy (non-hydrogen) atoms. The van der Waals surface area contributed by atoms with Gasteiger partial charge in [-0.25, -0.2) is 0 Å². The van der Waals surface area contributed by atoms with Crippen LogP contribution in [0.4, 0.5) is 0 Å². The molecule has 2 unspecified atom stereocenters. The van der Waals surface area contributed by atoms with Crippen LogP contribution in [0.5, 0.6) is 0 Å². The highest BCUT2D eigenvalue weighted by Gasteiger charge is 2.26. The van der Waals surface area contributed by atoms with Crippen LogP contribution in [0.3, 0.4) is 0 Å². The summed E-state index contributed by atoms with van der Waals surface area (Å²) in [5.74, 6) is -1.39. The maximum atomic E-state index is 12.1. The van der Waals surface area contributed by atoms with Crippen molar-refractivity contribution in [1.29, 1.82) is 0 Å². The Morgan fingerprint density at radius 2 is 2.16 bits per heavy atom. The average Bonchev–Trinajstić information content (AvgIpc) is 3.02. The molecular formula is C14H15NO3S. The van der Waals surface area contributed by atoms with Crippen LogP contribution in [-0.2, 0) is 17.6 Å². The summed E-state index contributed by atoms with van der Waals surface area (Å²) in [6, 6.07) is 1.82. The van der Waals surface area contributed by atoms with Crippen LogP contribution in [0.25, 0.3) is 0 Å². The van der Waals surface area contributed by atoms with Gasteiger partial charge in [0.15, 0.2) is 0 Å². The third-order valence-corrected chi connectivity index (χ3v) is 4.92. The Hall–Kier alpha value is -1.62. The highest BCUT2D eigenvalue weighted by molar-refractivity contribution is 7.14. The lowest BCUT2D eigenvalue weighted by Crippen LogP contribution is -2.32. The molecule has 100 valence electrons. The number of carboxylic acids is 1. The zero-order valence-electron chi connectivity index (χ0n) is 10.4. The van der Waals surface area contributed by atoms with Crippen molar-refractivity contribution in [3.05, 3.63) is 33.5 Å². The molecule has 2 aliphatic rings. The Morgan fingerprint density at radius 1 is 1.32 bits per heavy atom. The van der Waals surface area contributed by atoms with Gasteiger partial charge in [0.25, 0.3) is 5.91 Å². The van der Waals surface area contributed by atoms with Gasteiger partial charge in [0, 0.05) is 10.9 Å². The molecule has 0 saturated carbocycles. The first-order valence-electron chi connectivity index (χ1n) is 6.47. The Labute approximate surface area is 115 Å². The quantitative estimate of drug-likeness (QED) is 0.830. The number of carbonyl (C=O) groups is 2. The van der Waals surface area contributed by atoms with Crippen LogP contribution in [0.1, 0.15) is 33.0 Å². The molecule has 2 aliphatic carbocycles. The van der Waals surface area contributed by atoms with E-state index >= 15 is 0 Å². The molecule has 0 bridgehead atoms. The third kappa shape index (κ3) is 2.42. The van der Waals surface area contributed by atoms with Crippen molar-refractivity contribution in [1.82, 2.24) is 5.32 Å². The van der Waals surface area contributed by atoms with Crippen LogP contribution in [-0.4, -0.2) is 23.0 Å². The van der Waals surface area contributed by atoms with Crippen LogP contribution in [0, 0.1) is 5.92 Å². The van der Waals surface area contributed by atoms with Gasteiger partial charge in [-0.15, -0.1) is 11.3 Å². The van der Waals surface area contributed by atoms with Gasteiger partial charge in [-0.2, -0.15) is 0 Å². The van der Waals surface area contributed by atoms with Gasteiger partial charge < -0.3 is 10.4 Å². The van der Waals surface area contributed by atoms with Crippen molar-refractivity contribution < 1.29 is 14.7 Å². The summed E-state index contributed by atoms with van der Waals surface area (Å²) in [6.45, 7) is 0. The second kappa shape index (κ2) is 4.81. The molecule has 5 heteroatoms. The zero-order valence-corrected chi connectivity index (χ0v) is 11.2. The minimum Gasteiger partial charge on any atom is -0.481 e. The van der Waals surface area contributed by atoms with E-state index in [2.05, 4.69) is 5.32 Å². The number of carboxylic acid groups (broad SMARTS) is 1. The zero-order chi connectivity index (χ0) is 13.4. The topological polar surface area (TPSA) is 66.4 Å². The van der Waals surface area contributed by atoms with Crippen molar-refractivity contribution in [2.45, 2.75) is 31.7 Å². The van der Waals surface area contributed by atoms with Gasteiger partial charge in [0.05, 0.1) is 10.8 Å². The fraction of sp³-hybridized carbons (Fsp3) is 0.429. The number of carbonyl (C=O) groups excluding carboxylic acids is 1. The van der Waals surface area contributed by atoms with E-state index in [1.54, 1.807) is 23.5 Å². The number of fused-ring (bicyclic) bond motifs is 1. The maximum absolute atomic E-state index is 12.1. The number of aryl methyl sites for hydroxylation is 2. The Balaban J connectivity index is 1.63. The Morgan fingerprint density at radius 3 is 2.84 bits per heavy atom. The van der Waals surface area contributed by atoms with Crippen molar-refractivity contribution in [2.24, 2.45) is 5.92 Å². The van der Waals surface area contributed by atoms with E-state index < -0.39 is 11.9 Å². The second-order valence-corrected chi connectivity index (χ2v) is 6.19. The predicted molar refractivity (Wildman–Crippen MR) is 72.5 cm³/mol. The molecule has 2 N–H and O–H groups in total. The number of amides is 1. The minimum atomic E-state index is -0.830. The largest absolute Gasteiger partial charge is 0.481 e. The summed E-state index contributed by atoms with van der Waals surface area (Å²) in [4.78, 5) is 25.0. The predicted octanol–water partition coefficient (Wildman–Crippen LogP) is 2.00. The lowest BCUT2D eigenvalue weighted by Gasteiger charge is -2.11. The third-order valence-electron chi connectivity index (χ3n) is 3.69. The van der Waals surface area contributed by atoms with Crippen LogP contribution in [0.2, 0.25) is 0 Å². The number of hydrogen-bond donors (Lipinski definition) is 2. The van der Waals surface area contributed by atoms with Crippen LogP contribution < -0.4 is 5.32 Å². The van der Waals surface area contributed by atoms with E-state index in [-0.39, 0.29) is 11.9 Å². The second-order valence-electron chi connectivity index (χ2n) is 5.06. The minimum absolute atomic E-state index is 0.0833. The van der Waals surface area contributed by atoms with Crippen molar-refractivity contribution in [3.63, 3.8) is 0 Å². The first-order chi connectivity index (χ1) is 9.13. The first-order valence-corrected chi connectivity index (χ1v) is 7.28. The summed E-state index contributed by atoms with van der Waals surface area (Å²) in [6.07, 6.45) is 7.22. The van der Waals surface area contributed by atoms with E-state index in [0.29, 0.717) is 6.42 Å². The maximum Gasteiger partial charge on any atom is 0.310 e. The lowest BCUT2D eigenvalue weighted by atomic mass is 10.1. The Kier molecular flexibility index (Phi) is 3.14. The van der Waals surface area contributed by atoms with Gasteiger partial charge in [0.2, 0.25) is 0 Å². The monoisotopic (exact) mass is 277 g/mol. The molecule has 1 heterocycles. The van der Waals surface area contributed by atoms with Gasteiger partial charge in [-0.1, -0.05) is 12.2 Å². The van der Waals surface area contributed by atoms with E-state index in [9.17, 15) is 9.59 Å². The fourth-order valence-electron chi connectivity index (χ4n) is 2.67. The standard InChI is InChI=1S/C14H15NO3S/c16-13(12-7-8-2-1-3-11(8)19-12)15-10-5-4-9(6-10)14(17)18/h4-5,7,9-10H,1-3,6H2,(H,15,16)(H,17,18). The molecule has 0 spiro atoms. The highest BCUT2D eigenvalue weighted by Crippen LogP contribution is 2.30. The molecule has 0 saturated heterocycles. The number of hydrogen-bond acceptors (Lipinski definition) is 3. The van der Waals surface area contributed by atoms with Crippen molar-refractivity contribution in [2.75, 3.05) is 0 Å². The normalized spacial score (nSPS) is 24.4. The van der Waals surface area contributed by atoms with Gasteiger partial charge >= 0.3 is 5.97 Å². The summed E-state index contributed by atoms with van der Waals surface area (Å²) < 4.78 is 0. The highest BCUT2D eigenvalue weighted by atomic mass is 32.1. The van der Waals surface area contributed by atoms with E-state index in [0.717, 1.165) is 17.7 Å². The fourth-order valence-corrected chi connectivity index (χ4v) is 3.83. The van der Waals surface area contributed by atoms with Gasteiger partial charge in [-0.05, 0) is 37.3 Å². The number of rotatable bonds is 3. The smallest absolute Gasteiger partial charge is 0.310 e. The summed E-state index contributed by atoms with van der Waals surface area (Å²) >= 11 is 1.57. The summed E-state index contributed by atoms with van der Waals surface area (Å²) in [7, 11) is 0. The number of thiophene rings is 1. The molecule has 0 fully saturated rings. The van der Waals surface area contributed by atoms with E-state index in [1.165, 1.54) is 16.9 Å². The molecule has 1 amide bonds. The average molecular weight is 277 g/mol. The van der Waals surface area contributed by atoms with Crippen molar-refractivity contribution >= 4 is 23.2 Å². The first kappa shape index (κ1) is 12.4. The molecule has 2 atom stereocenters. The SMILES string of the molecule is O=C(NC1C=CC(C(=O)O)C1)c1cc2c(s1)CCC2. The number of aliphatic carboxylic acids is 1. The van der Waals surface area contributed by atoms with Gasteiger partial charge in [-0.3, -0.25) is 9.59 Å².